The number of nitrogens with one attached hydrogen (secondary N) is 1. The molecule has 5 nitrogen and oxygen atoms in total. The lowest BCUT2D eigenvalue weighted by atomic mass is 10.3. The number of aromatic nitrogens is 4. The first-order valence-corrected chi connectivity index (χ1v) is 7.60. The predicted molar refractivity (Wildman–Crippen MR) is 77.1 cm³/mol. The standard InChI is InChI=1S/C13H21N5S/c1-4-6-18-12(16-9-17-18)8-14-10(3)13-15-7-11(5-2)19-13/h7,9-10,14H,4-6,8H2,1-3H3. The second kappa shape index (κ2) is 6.77. The summed E-state index contributed by atoms with van der Waals surface area (Å²) in [5, 5.41) is 8.83. The smallest absolute Gasteiger partial charge is 0.140 e. The molecule has 0 bridgehead atoms. The Labute approximate surface area is 118 Å². The molecule has 1 N–H and O–H groups in total. The van der Waals surface area contributed by atoms with E-state index in [0.29, 0.717) is 0 Å². The van der Waals surface area contributed by atoms with Gasteiger partial charge in [0.2, 0.25) is 0 Å². The highest BCUT2D eigenvalue weighted by Gasteiger charge is 2.11. The third-order valence-electron chi connectivity index (χ3n) is 2.99. The van der Waals surface area contributed by atoms with Crippen LogP contribution in [0.5, 0.6) is 0 Å². The Kier molecular flexibility index (Phi) is 5.04. The molecule has 0 saturated carbocycles. The van der Waals surface area contributed by atoms with Crippen molar-refractivity contribution in [1.29, 1.82) is 0 Å². The van der Waals surface area contributed by atoms with Crippen LogP contribution in [0.25, 0.3) is 0 Å². The molecule has 104 valence electrons. The molecule has 2 heterocycles. The SMILES string of the molecule is CCCn1ncnc1CNC(C)c1ncc(CC)s1. The lowest BCUT2D eigenvalue weighted by Gasteiger charge is -2.11. The van der Waals surface area contributed by atoms with E-state index in [0.717, 1.165) is 36.8 Å². The van der Waals surface area contributed by atoms with Crippen molar-refractivity contribution >= 4 is 11.3 Å². The van der Waals surface area contributed by atoms with E-state index in [4.69, 9.17) is 0 Å². The molecule has 0 aliphatic carbocycles. The fourth-order valence-corrected chi connectivity index (χ4v) is 2.73. The van der Waals surface area contributed by atoms with E-state index in [9.17, 15) is 0 Å². The normalized spacial score (nSPS) is 12.8. The molecule has 2 rings (SSSR count). The Balaban J connectivity index is 1.92. The van der Waals surface area contributed by atoms with Crippen molar-refractivity contribution in [3.05, 3.63) is 28.2 Å². The molecule has 1 atom stereocenters. The van der Waals surface area contributed by atoms with E-state index >= 15 is 0 Å². The van der Waals surface area contributed by atoms with Gasteiger partial charge in [0, 0.05) is 17.6 Å². The quantitative estimate of drug-likeness (QED) is 0.846. The lowest BCUT2D eigenvalue weighted by molar-refractivity contribution is 0.508. The van der Waals surface area contributed by atoms with Gasteiger partial charge in [-0.15, -0.1) is 11.3 Å². The summed E-state index contributed by atoms with van der Waals surface area (Å²) in [4.78, 5) is 10.1. The van der Waals surface area contributed by atoms with Gasteiger partial charge in [0.1, 0.15) is 17.2 Å². The third kappa shape index (κ3) is 3.61. The number of nitrogens with zero attached hydrogens (tertiary/aromatic N) is 4. The van der Waals surface area contributed by atoms with Gasteiger partial charge in [0.05, 0.1) is 12.6 Å². The Morgan fingerprint density at radius 3 is 2.89 bits per heavy atom. The van der Waals surface area contributed by atoms with E-state index in [1.54, 1.807) is 17.7 Å². The maximum absolute atomic E-state index is 4.46. The summed E-state index contributed by atoms with van der Waals surface area (Å²) in [5.74, 6) is 0.987. The van der Waals surface area contributed by atoms with Crippen LogP contribution in [0.3, 0.4) is 0 Å². The van der Waals surface area contributed by atoms with Gasteiger partial charge in [-0.05, 0) is 19.8 Å². The van der Waals surface area contributed by atoms with Crippen molar-refractivity contribution in [3.63, 3.8) is 0 Å². The largest absolute Gasteiger partial charge is 0.301 e. The van der Waals surface area contributed by atoms with Crippen LogP contribution >= 0.6 is 11.3 Å². The zero-order valence-electron chi connectivity index (χ0n) is 11.8. The van der Waals surface area contributed by atoms with Gasteiger partial charge < -0.3 is 5.32 Å². The Hall–Kier alpha value is -1.27. The molecule has 0 spiro atoms. The van der Waals surface area contributed by atoms with Gasteiger partial charge in [-0.3, -0.25) is 0 Å². The van der Waals surface area contributed by atoms with Gasteiger partial charge in [-0.2, -0.15) is 5.10 Å². The molecule has 1 unspecified atom stereocenters. The molecule has 0 radical (unpaired) electrons. The van der Waals surface area contributed by atoms with Gasteiger partial charge in [-0.25, -0.2) is 14.6 Å². The number of hydrogen-bond donors (Lipinski definition) is 1. The molecule has 0 saturated heterocycles. The Morgan fingerprint density at radius 1 is 1.37 bits per heavy atom. The number of rotatable bonds is 7. The first-order valence-electron chi connectivity index (χ1n) is 6.79. The van der Waals surface area contributed by atoms with E-state index in [1.807, 2.05) is 10.9 Å². The average Bonchev–Trinajstić information content (AvgIpc) is 3.05. The van der Waals surface area contributed by atoms with Gasteiger partial charge in [-0.1, -0.05) is 13.8 Å². The molecule has 6 heteroatoms. The summed E-state index contributed by atoms with van der Waals surface area (Å²) in [6.45, 7) is 8.08. The number of hydrogen-bond acceptors (Lipinski definition) is 5. The Bertz CT molecular complexity index is 505. The summed E-state index contributed by atoms with van der Waals surface area (Å²) < 4.78 is 1.96. The first kappa shape index (κ1) is 14.1. The summed E-state index contributed by atoms with van der Waals surface area (Å²) in [5.41, 5.74) is 0. The van der Waals surface area contributed by atoms with Gasteiger partial charge in [0.25, 0.3) is 0 Å². The fourth-order valence-electron chi connectivity index (χ4n) is 1.84. The monoisotopic (exact) mass is 279 g/mol. The summed E-state index contributed by atoms with van der Waals surface area (Å²) in [6, 6.07) is 0.247. The van der Waals surface area contributed by atoms with Crippen LogP contribution in [-0.2, 0) is 19.5 Å². The molecule has 0 fully saturated rings. The average molecular weight is 279 g/mol. The van der Waals surface area contributed by atoms with Gasteiger partial charge in [0.15, 0.2) is 0 Å². The summed E-state index contributed by atoms with van der Waals surface area (Å²) in [6.07, 6.45) is 5.71. The van der Waals surface area contributed by atoms with Crippen molar-refractivity contribution in [1.82, 2.24) is 25.1 Å². The summed E-state index contributed by atoms with van der Waals surface area (Å²) in [7, 11) is 0. The zero-order chi connectivity index (χ0) is 13.7. The minimum Gasteiger partial charge on any atom is -0.301 e. The molecule has 2 aromatic heterocycles. The molecule has 0 aromatic carbocycles. The molecule has 0 amide bonds. The maximum atomic E-state index is 4.46. The molecule has 0 aliphatic rings. The minimum atomic E-state index is 0.247. The van der Waals surface area contributed by atoms with Crippen molar-refractivity contribution in [2.75, 3.05) is 0 Å². The van der Waals surface area contributed by atoms with Crippen LogP contribution in [-0.4, -0.2) is 19.7 Å². The molecular weight excluding hydrogens is 258 g/mol. The summed E-state index contributed by atoms with van der Waals surface area (Å²) >= 11 is 1.78. The number of aryl methyl sites for hydroxylation is 2. The van der Waals surface area contributed by atoms with E-state index < -0.39 is 0 Å². The molecule has 0 aliphatic heterocycles. The molecule has 2 aromatic rings. The van der Waals surface area contributed by atoms with E-state index in [-0.39, 0.29) is 6.04 Å². The van der Waals surface area contributed by atoms with Crippen LogP contribution in [0, 0.1) is 0 Å². The highest BCUT2D eigenvalue weighted by atomic mass is 32.1. The molecular formula is C13H21N5S. The van der Waals surface area contributed by atoms with Crippen molar-refractivity contribution < 1.29 is 0 Å². The van der Waals surface area contributed by atoms with Gasteiger partial charge >= 0.3 is 0 Å². The second-order valence-electron chi connectivity index (χ2n) is 4.52. The maximum Gasteiger partial charge on any atom is 0.140 e. The van der Waals surface area contributed by atoms with Crippen LogP contribution in [0.15, 0.2) is 12.5 Å². The number of thiazole rings is 1. The first-order chi connectivity index (χ1) is 9.24. The van der Waals surface area contributed by atoms with E-state index in [1.165, 1.54) is 4.88 Å². The van der Waals surface area contributed by atoms with Crippen LogP contribution in [0.1, 0.15) is 48.9 Å². The highest BCUT2D eigenvalue weighted by Crippen LogP contribution is 2.20. The van der Waals surface area contributed by atoms with Crippen LogP contribution in [0.4, 0.5) is 0 Å². The van der Waals surface area contributed by atoms with Crippen molar-refractivity contribution in [2.45, 2.75) is 52.7 Å². The van der Waals surface area contributed by atoms with Crippen LogP contribution < -0.4 is 5.32 Å². The lowest BCUT2D eigenvalue weighted by Crippen LogP contribution is -2.21. The van der Waals surface area contributed by atoms with Crippen molar-refractivity contribution in [3.8, 4) is 0 Å². The Morgan fingerprint density at radius 2 is 2.21 bits per heavy atom. The highest BCUT2D eigenvalue weighted by molar-refractivity contribution is 7.11. The fraction of sp³-hybridized carbons (Fsp3) is 0.615. The minimum absolute atomic E-state index is 0.247. The van der Waals surface area contributed by atoms with Crippen LogP contribution in [0.2, 0.25) is 0 Å². The molecule has 19 heavy (non-hydrogen) atoms. The topological polar surface area (TPSA) is 55.6 Å². The third-order valence-corrected chi connectivity index (χ3v) is 4.31. The van der Waals surface area contributed by atoms with Crippen molar-refractivity contribution in [2.24, 2.45) is 0 Å². The zero-order valence-corrected chi connectivity index (χ0v) is 12.6. The predicted octanol–water partition coefficient (Wildman–Crippen LogP) is 2.56. The van der Waals surface area contributed by atoms with E-state index in [2.05, 4.69) is 41.2 Å². The second-order valence-corrected chi connectivity index (χ2v) is 5.67.